The van der Waals surface area contributed by atoms with E-state index in [2.05, 4.69) is 5.87 Å². The van der Waals surface area contributed by atoms with Gasteiger partial charge < -0.3 is 0 Å². The summed E-state index contributed by atoms with van der Waals surface area (Å²) < 4.78 is 7.29. The number of hydrogen-bond acceptors (Lipinski definition) is 1. The van der Waals surface area contributed by atoms with Crippen LogP contribution in [0.3, 0.4) is 0 Å². The summed E-state index contributed by atoms with van der Waals surface area (Å²) in [7, 11) is -0.255. The van der Waals surface area contributed by atoms with Crippen LogP contribution in [0.1, 0.15) is 8.29 Å². The fourth-order valence-corrected chi connectivity index (χ4v) is 2.07. The molecule has 0 radical (unpaired) electrons. The van der Waals surface area contributed by atoms with E-state index >= 15 is 0 Å². The normalized spacial score (nSPS) is 13.6. The Kier molecular flexibility index (Phi) is 2.72. The van der Waals surface area contributed by atoms with Crippen LogP contribution in [0, 0.1) is 0 Å². The fourth-order valence-electron chi connectivity index (χ4n) is 0.893. The summed E-state index contributed by atoms with van der Waals surface area (Å²) in [5.74, 6) is 4.58. The molecule has 0 heterocycles. The predicted molar refractivity (Wildman–Crippen MR) is 55.0 cm³/mol. The van der Waals surface area contributed by atoms with Crippen molar-refractivity contribution in [2.45, 2.75) is 11.8 Å². The quantitative estimate of drug-likeness (QED) is 0.654. The average Bonchev–Trinajstić information content (AvgIpc) is 2.04. The molecule has 2 heteroatoms. The van der Waals surface area contributed by atoms with Crippen molar-refractivity contribution in [2.24, 2.45) is 0 Å². The van der Waals surface area contributed by atoms with Gasteiger partial charge in [-0.1, -0.05) is 24.0 Å². The van der Waals surface area contributed by atoms with Gasteiger partial charge in [0, 0.05) is 4.90 Å². The third-order valence-electron chi connectivity index (χ3n) is 1.40. The monoisotopic (exact) mass is 181 g/mol. The molecule has 1 rings (SSSR count). The van der Waals surface area contributed by atoms with E-state index in [1.165, 1.54) is 0 Å². The van der Waals surface area contributed by atoms with Crippen molar-refractivity contribution in [3.63, 3.8) is 0 Å². The Labute approximate surface area is 76.8 Å². The summed E-state index contributed by atoms with van der Waals surface area (Å²) in [5, 5.41) is 0. The highest BCUT2D eigenvalue weighted by Gasteiger charge is 1.98. The van der Waals surface area contributed by atoms with Crippen molar-refractivity contribution in [3.05, 3.63) is 30.3 Å². The van der Waals surface area contributed by atoms with Crippen LogP contribution in [0.4, 0.5) is 0 Å². The molecule has 1 aromatic rings. The van der Waals surface area contributed by atoms with Gasteiger partial charge in [0.2, 0.25) is 0 Å². The molecule has 0 aliphatic heterocycles. The molecule has 0 aromatic heterocycles. The van der Waals surface area contributed by atoms with Crippen LogP contribution in [0.25, 0.3) is 0 Å². The van der Waals surface area contributed by atoms with Crippen molar-refractivity contribution in [3.8, 4) is 0 Å². The van der Waals surface area contributed by atoms with Gasteiger partial charge in [0.1, 0.15) is 5.78 Å². The number of ketones is 1. The van der Waals surface area contributed by atoms with Crippen molar-refractivity contribution < 1.29 is 6.17 Å². The van der Waals surface area contributed by atoms with E-state index in [-0.39, 0.29) is 16.3 Å². The lowest BCUT2D eigenvalue weighted by molar-refractivity contribution is -0.114. The van der Waals surface area contributed by atoms with Crippen molar-refractivity contribution in [1.29, 1.82) is 0 Å². The highest BCUT2D eigenvalue weighted by Crippen LogP contribution is 2.23. The van der Waals surface area contributed by atoms with Gasteiger partial charge in [-0.25, -0.2) is 0 Å². The van der Waals surface area contributed by atoms with Gasteiger partial charge in [-0.2, -0.15) is 10.5 Å². The molecule has 0 aliphatic rings. The summed E-state index contributed by atoms with van der Waals surface area (Å²) in [5.41, 5.74) is 0. The predicted octanol–water partition coefficient (Wildman–Crippen LogP) is 2.34. The largest absolute Gasteiger partial charge is 0.299 e. The summed E-state index contributed by atoms with van der Waals surface area (Å²) >= 11 is 0. The second-order valence-electron chi connectivity index (χ2n) is 2.57. The highest BCUT2D eigenvalue weighted by atomic mass is 32.2. The number of rotatable bonds is 3. The Morgan fingerprint density at radius 3 is 2.75 bits per heavy atom. The number of benzene rings is 1. The molecular weight excluding hydrogens is 168 g/mol. The minimum absolute atomic E-state index is 0.160. The zero-order valence-corrected chi connectivity index (χ0v) is 7.86. The first-order valence-electron chi connectivity index (χ1n) is 4.16. The first-order valence-corrected chi connectivity index (χ1v) is 5.22. The number of carbonyl (C=O) groups is 1. The molecule has 0 fully saturated rings. The molecule has 1 aromatic carbocycles. The molecule has 0 spiro atoms. The van der Waals surface area contributed by atoms with Crippen LogP contribution in [0.2, 0.25) is 0 Å². The van der Waals surface area contributed by atoms with Crippen LogP contribution in [-0.4, -0.2) is 17.4 Å². The lowest BCUT2D eigenvalue weighted by Crippen LogP contribution is -1.95. The lowest BCUT2D eigenvalue weighted by atomic mass is 10.4. The average molecular weight is 181 g/mol. The van der Waals surface area contributed by atoms with Crippen molar-refractivity contribution >= 4 is 22.1 Å². The molecule has 1 atom stereocenters. The van der Waals surface area contributed by atoms with Gasteiger partial charge >= 0.3 is 0 Å². The molecule has 0 saturated carbocycles. The van der Waals surface area contributed by atoms with Gasteiger partial charge in [-0.3, -0.25) is 4.79 Å². The third-order valence-corrected chi connectivity index (χ3v) is 3.09. The SMILES string of the molecule is [2H]c1ccc(S(=C)CC(C)=O)cc1. The van der Waals surface area contributed by atoms with Crippen molar-refractivity contribution in [2.75, 3.05) is 5.75 Å². The Balaban J connectivity index is 2.78. The fraction of sp³-hybridized carbons (Fsp3) is 0.200. The van der Waals surface area contributed by atoms with E-state index in [0.717, 1.165) is 4.90 Å². The molecule has 1 unspecified atom stereocenters. The topological polar surface area (TPSA) is 17.1 Å². The third kappa shape index (κ3) is 2.62. The molecule has 0 aliphatic carbocycles. The summed E-state index contributed by atoms with van der Waals surface area (Å²) in [6, 6.07) is 7.66. The molecule has 64 valence electrons. The summed E-state index contributed by atoms with van der Waals surface area (Å²) in [6.07, 6.45) is 0. The van der Waals surface area contributed by atoms with Crippen LogP contribution < -0.4 is 0 Å². The van der Waals surface area contributed by atoms with E-state index in [9.17, 15) is 4.79 Å². The number of carbonyl (C=O) groups excluding carboxylic acids is 1. The summed E-state index contributed by atoms with van der Waals surface area (Å²) in [6.45, 7) is 1.57. The first kappa shape index (κ1) is 7.74. The maximum Gasteiger partial charge on any atom is 0.139 e. The van der Waals surface area contributed by atoms with E-state index in [1.807, 2.05) is 12.1 Å². The number of Topliss-reactive ketones (excluding diaryl/α,β-unsaturated/α-hetero) is 1. The molecular formula is C10H12OS. The van der Waals surface area contributed by atoms with Gasteiger partial charge in [-0.05, 0) is 19.1 Å². The summed E-state index contributed by atoms with van der Waals surface area (Å²) in [4.78, 5) is 11.9. The van der Waals surface area contributed by atoms with Crippen molar-refractivity contribution in [1.82, 2.24) is 0 Å². The van der Waals surface area contributed by atoms with Crippen LogP contribution in [0.15, 0.2) is 35.2 Å². The number of hydrogen-bond donors (Lipinski definition) is 0. The van der Waals surface area contributed by atoms with Crippen LogP contribution >= 0.6 is 10.5 Å². The van der Waals surface area contributed by atoms with Gasteiger partial charge in [0.15, 0.2) is 0 Å². The second kappa shape index (κ2) is 4.21. The Bertz CT molecular complexity index is 329. The van der Waals surface area contributed by atoms with E-state index in [4.69, 9.17) is 1.37 Å². The molecule has 1 nitrogen and oxygen atoms in total. The maximum absolute atomic E-state index is 10.8. The first-order chi connectivity index (χ1) is 6.09. The van der Waals surface area contributed by atoms with Crippen LogP contribution in [0.5, 0.6) is 0 Å². The zero-order chi connectivity index (χ0) is 9.84. The molecule has 0 saturated heterocycles. The molecule has 0 bridgehead atoms. The molecule has 12 heavy (non-hydrogen) atoms. The smallest absolute Gasteiger partial charge is 0.139 e. The Morgan fingerprint density at radius 2 is 2.25 bits per heavy atom. The lowest BCUT2D eigenvalue weighted by Gasteiger charge is -2.03. The minimum Gasteiger partial charge on any atom is -0.299 e. The van der Waals surface area contributed by atoms with Gasteiger partial charge in [0.25, 0.3) is 0 Å². The van der Waals surface area contributed by atoms with E-state index in [1.54, 1.807) is 19.1 Å². The molecule has 0 N–H and O–H groups in total. The second-order valence-corrected chi connectivity index (χ2v) is 4.32. The van der Waals surface area contributed by atoms with E-state index in [0.29, 0.717) is 11.8 Å². The zero-order valence-electron chi connectivity index (χ0n) is 8.04. The van der Waals surface area contributed by atoms with Gasteiger partial charge in [0.05, 0.1) is 7.12 Å². The van der Waals surface area contributed by atoms with Gasteiger partial charge in [-0.15, -0.1) is 0 Å². The van der Waals surface area contributed by atoms with Crippen LogP contribution in [-0.2, 0) is 4.79 Å². The minimum atomic E-state index is -0.255. The maximum atomic E-state index is 10.8. The Morgan fingerprint density at radius 1 is 1.67 bits per heavy atom. The standard InChI is InChI=1S/C10H12OS/c1-9(11)8-12(2)10-6-4-3-5-7-10/h3-7H,2,8H2,1H3/i3D. The van der Waals surface area contributed by atoms with E-state index < -0.39 is 0 Å². The Hall–Kier alpha value is -0.890. The molecule has 0 amide bonds. The highest BCUT2D eigenvalue weighted by molar-refractivity contribution is 8.14.